The molecule has 0 aliphatic carbocycles. The number of halogens is 2. The molecule has 0 bridgehead atoms. The van der Waals surface area contributed by atoms with E-state index < -0.39 is 0 Å². The van der Waals surface area contributed by atoms with Gasteiger partial charge in [-0.15, -0.1) is 0 Å². The molecule has 0 aromatic heterocycles. The lowest BCUT2D eigenvalue weighted by atomic mass is 10.2. The summed E-state index contributed by atoms with van der Waals surface area (Å²) in [4.78, 5) is 0. The van der Waals surface area contributed by atoms with E-state index >= 15 is 0 Å². The zero-order valence-corrected chi connectivity index (χ0v) is 9.47. The van der Waals surface area contributed by atoms with Crippen LogP contribution in [0.1, 0.15) is 6.42 Å². The normalized spacial score (nSPS) is 20.8. The van der Waals surface area contributed by atoms with Gasteiger partial charge in [0.25, 0.3) is 0 Å². The predicted octanol–water partition coefficient (Wildman–Crippen LogP) is 2.65. The largest absolute Gasteiger partial charge is 0.382 e. The number of anilines is 1. The van der Waals surface area contributed by atoms with Gasteiger partial charge in [-0.2, -0.15) is 0 Å². The molecule has 1 aliphatic heterocycles. The number of hydrogen-bond donors (Lipinski definition) is 1. The van der Waals surface area contributed by atoms with E-state index in [1.807, 2.05) is 0 Å². The van der Waals surface area contributed by atoms with Crippen LogP contribution >= 0.6 is 11.6 Å². The lowest BCUT2D eigenvalue weighted by Gasteiger charge is -2.23. The molecule has 1 N–H and O–H groups in total. The van der Waals surface area contributed by atoms with Crippen LogP contribution in [0.5, 0.6) is 0 Å². The Bertz CT molecular complexity index is 336. The molecule has 1 atom stereocenters. The molecule has 2 rings (SSSR count). The maximum absolute atomic E-state index is 13.0. The molecule has 88 valence electrons. The maximum Gasteiger partial charge on any atom is 0.147 e. The van der Waals surface area contributed by atoms with Crippen molar-refractivity contribution in [1.29, 1.82) is 0 Å². The second-order valence-corrected chi connectivity index (χ2v) is 4.08. The van der Waals surface area contributed by atoms with Crippen LogP contribution in [0.4, 0.5) is 10.1 Å². The molecule has 1 aromatic carbocycles. The molecular formula is C11H13ClFNO2. The van der Waals surface area contributed by atoms with E-state index in [-0.39, 0.29) is 11.9 Å². The molecule has 1 aliphatic rings. The zero-order valence-electron chi connectivity index (χ0n) is 8.71. The van der Waals surface area contributed by atoms with Crippen molar-refractivity contribution in [3.63, 3.8) is 0 Å². The molecule has 0 radical (unpaired) electrons. The van der Waals surface area contributed by atoms with Crippen LogP contribution in [0.15, 0.2) is 18.2 Å². The Hall–Kier alpha value is -0.840. The van der Waals surface area contributed by atoms with E-state index in [1.165, 1.54) is 12.1 Å². The standard InChI is InChI=1S/C11H13ClFNO2/c12-8-3-9(13)5-10(4-8)14-6-11-1-2-15-7-16-11/h3-5,11,14H,1-2,6-7H2. The third kappa shape index (κ3) is 3.33. The first-order chi connectivity index (χ1) is 7.74. The van der Waals surface area contributed by atoms with E-state index in [9.17, 15) is 4.39 Å². The Morgan fingerprint density at radius 2 is 2.31 bits per heavy atom. The van der Waals surface area contributed by atoms with Gasteiger partial charge >= 0.3 is 0 Å². The summed E-state index contributed by atoms with van der Waals surface area (Å²) in [5, 5.41) is 3.48. The fourth-order valence-corrected chi connectivity index (χ4v) is 1.77. The smallest absolute Gasteiger partial charge is 0.147 e. The first kappa shape index (κ1) is 11.6. The Morgan fingerprint density at radius 1 is 1.44 bits per heavy atom. The highest BCUT2D eigenvalue weighted by Crippen LogP contribution is 2.18. The van der Waals surface area contributed by atoms with Crippen molar-refractivity contribution in [1.82, 2.24) is 0 Å². The van der Waals surface area contributed by atoms with E-state index in [0.29, 0.717) is 30.7 Å². The Labute approximate surface area is 98.5 Å². The van der Waals surface area contributed by atoms with Gasteiger partial charge < -0.3 is 14.8 Å². The van der Waals surface area contributed by atoms with Crippen LogP contribution in [-0.2, 0) is 9.47 Å². The molecular weight excluding hydrogens is 233 g/mol. The van der Waals surface area contributed by atoms with Crippen molar-refractivity contribution in [2.45, 2.75) is 12.5 Å². The van der Waals surface area contributed by atoms with Crippen molar-refractivity contribution >= 4 is 17.3 Å². The molecule has 1 aromatic rings. The number of hydrogen-bond acceptors (Lipinski definition) is 3. The third-order valence-corrected chi connectivity index (χ3v) is 2.59. The van der Waals surface area contributed by atoms with Gasteiger partial charge in [0.05, 0.1) is 12.7 Å². The molecule has 1 saturated heterocycles. The lowest BCUT2D eigenvalue weighted by molar-refractivity contribution is -0.133. The molecule has 0 spiro atoms. The fraction of sp³-hybridized carbons (Fsp3) is 0.455. The summed E-state index contributed by atoms with van der Waals surface area (Å²) in [6, 6.07) is 4.37. The number of ether oxygens (including phenoxy) is 2. The minimum Gasteiger partial charge on any atom is -0.382 e. The maximum atomic E-state index is 13.0. The van der Waals surface area contributed by atoms with Crippen LogP contribution < -0.4 is 5.32 Å². The van der Waals surface area contributed by atoms with E-state index in [1.54, 1.807) is 6.07 Å². The zero-order chi connectivity index (χ0) is 11.4. The molecule has 1 heterocycles. The second kappa shape index (κ2) is 5.48. The van der Waals surface area contributed by atoms with Crippen LogP contribution in [-0.4, -0.2) is 26.0 Å². The molecule has 1 fully saturated rings. The minimum atomic E-state index is -0.345. The Kier molecular flexibility index (Phi) is 3.98. The van der Waals surface area contributed by atoms with Gasteiger partial charge in [0, 0.05) is 17.3 Å². The van der Waals surface area contributed by atoms with Crippen LogP contribution in [0.2, 0.25) is 5.02 Å². The highest BCUT2D eigenvalue weighted by molar-refractivity contribution is 6.30. The monoisotopic (exact) mass is 245 g/mol. The highest BCUT2D eigenvalue weighted by atomic mass is 35.5. The quantitative estimate of drug-likeness (QED) is 0.888. The summed E-state index contributed by atoms with van der Waals surface area (Å²) < 4.78 is 23.4. The summed E-state index contributed by atoms with van der Waals surface area (Å²) >= 11 is 5.74. The molecule has 5 heteroatoms. The summed E-state index contributed by atoms with van der Waals surface area (Å²) in [6.45, 7) is 1.66. The van der Waals surface area contributed by atoms with Gasteiger partial charge in [-0.25, -0.2) is 4.39 Å². The summed E-state index contributed by atoms with van der Waals surface area (Å²) in [5.41, 5.74) is 0.667. The van der Waals surface area contributed by atoms with Crippen molar-refractivity contribution in [3.05, 3.63) is 29.0 Å². The Balaban J connectivity index is 1.88. The van der Waals surface area contributed by atoms with Gasteiger partial charge in [-0.1, -0.05) is 11.6 Å². The topological polar surface area (TPSA) is 30.5 Å². The van der Waals surface area contributed by atoms with E-state index in [0.717, 1.165) is 6.42 Å². The van der Waals surface area contributed by atoms with Gasteiger partial charge in [0.1, 0.15) is 12.6 Å². The van der Waals surface area contributed by atoms with Crippen LogP contribution in [0, 0.1) is 5.82 Å². The first-order valence-corrected chi connectivity index (χ1v) is 5.51. The van der Waals surface area contributed by atoms with Crippen LogP contribution in [0.3, 0.4) is 0 Å². The summed E-state index contributed by atoms with van der Waals surface area (Å²) in [7, 11) is 0. The van der Waals surface area contributed by atoms with E-state index in [2.05, 4.69) is 5.32 Å². The van der Waals surface area contributed by atoms with E-state index in [4.69, 9.17) is 21.1 Å². The highest BCUT2D eigenvalue weighted by Gasteiger charge is 2.13. The van der Waals surface area contributed by atoms with Crippen LogP contribution in [0.25, 0.3) is 0 Å². The average Bonchev–Trinajstić information content (AvgIpc) is 2.27. The van der Waals surface area contributed by atoms with Gasteiger partial charge in [-0.3, -0.25) is 0 Å². The molecule has 1 unspecified atom stereocenters. The molecule has 3 nitrogen and oxygen atoms in total. The third-order valence-electron chi connectivity index (χ3n) is 2.37. The predicted molar refractivity (Wildman–Crippen MR) is 60.2 cm³/mol. The van der Waals surface area contributed by atoms with Gasteiger partial charge in [-0.05, 0) is 24.6 Å². The molecule has 0 saturated carbocycles. The van der Waals surface area contributed by atoms with Gasteiger partial charge in [0.15, 0.2) is 0 Å². The average molecular weight is 246 g/mol. The Morgan fingerprint density at radius 3 is 3.00 bits per heavy atom. The number of rotatable bonds is 3. The summed E-state index contributed by atoms with van der Waals surface area (Å²) in [6.07, 6.45) is 0.951. The second-order valence-electron chi connectivity index (χ2n) is 3.64. The molecule has 16 heavy (non-hydrogen) atoms. The minimum absolute atomic E-state index is 0.107. The SMILES string of the molecule is Fc1cc(Cl)cc(NCC2CCOCO2)c1. The van der Waals surface area contributed by atoms with Crippen molar-refractivity contribution in [2.75, 3.05) is 25.3 Å². The summed E-state index contributed by atoms with van der Waals surface area (Å²) in [5.74, 6) is -0.345. The van der Waals surface area contributed by atoms with Crippen molar-refractivity contribution in [3.8, 4) is 0 Å². The lowest BCUT2D eigenvalue weighted by Crippen LogP contribution is -2.30. The fourth-order valence-electron chi connectivity index (χ4n) is 1.55. The molecule has 0 amide bonds. The number of nitrogens with one attached hydrogen (secondary N) is 1. The van der Waals surface area contributed by atoms with Crippen molar-refractivity contribution in [2.24, 2.45) is 0 Å². The van der Waals surface area contributed by atoms with Gasteiger partial charge in [0.2, 0.25) is 0 Å². The van der Waals surface area contributed by atoms with Crippen molar-refractivity contribution < 1.29 is 13.9 Å². The number of benzene rings is 1. The first-order valence-electron chi connectivity index (χ1n) is 5.13.